The maximum Gasteiger partial charge on any atom is 0.238 e. The van der Waals surface area contributed by atoms with Gasteiger partial charge in [-0.3, -0.25) is 4.98 Å². The van der Waals surface area contributed by atoms with Crippen LogP contribution in [0.3, 0.4) is 0 Å². The summed E-state index contributed by atoms with van der Waals surface area (Å²) in [6, 6.07) is 7.66. The molecule has 0 amide bonds. The summed E-state index contributed by atoms with van der Waals surface area (Å²) in [5.41, 5.74) is 1.61. The zero-order chi connectivity index (χ0) is 11.4. The third-order valence-corrected chi connectivity index (χ3v) is 2.04. The molecular weight excluding hydrogens is 204 g/mol. The molecule has 0 bridgehead atoms. The zero-order valence-electron chi connectivity index (χ0n) is 8.92. The van der Waals surface area contributed by atoms with Gasteiger partial charge in [0.1, 0.15) is 5.75 Å². The highest BCUT2D eigenvalue weighted by Gasteiger charge is 2.00. The molecule has 2 aromatic rings. The van der Waals surface area contributed by atoms with Gasteiger partial charge in [0.2, 0.25) is 5.88 Å². The summed E-state index contributed by atoms with van der Waals surface area (Å²) in [7, 11) is 0. The Morgan fingerprint density at radius 1 is 1.31 bits per heavy atom. The van der Waals surface area contributed by atoms with Gasteiger partial charge in [0, 0.05) is 0 Å². The average Bonchev–Trinajstić information content (AvgIpc) is 2.29. The van der Waals surface area contributed by atoms with Crippen molar-refractivity contribution < 1.29 is 9.84 Å². The standard InChI is InChI=1S/C12H12N2O2/c1-9-3-2-4-11(5-9)16-12-7-13-6-10(8-15)14-12/h2-7,15H,8H2,1H3. The van der Waals surface area contributed by atoms with Gasteiger partial charge in [0.05, 0.1) is 24.7 Å². The van der Waals surface area contributed by atoms with Crippen molar-refractivity contribution in [2.24, 2.45) is 0 Å². The van der Waals surface area contributed by atoms with Crippen LogP contribution in [0.1, 0.15) is 11.3 Å². The van der Waals surface area contributed by atoms with Crippen LogP contribution >= 0.6 is 0 Å². The number of ether oxygens (including phenoxy) is 1. The molecule has 0 fully saturated rings. The fourth-order valence-corrected chi connectivity index (χ4v) is 1.31. The molecular formula is C12H12N2O2. The first kappa shape index (κ1) is 10.6. The lowest BCUT2D eigenvalue weighted by molar-refractivity contribution is 0.274. The number of aromatic nitrogens is 2. The SMILES string of the molecule is Cc1cccc(Oc2cncc(CO)n2)c1. The number of hydrogen-bond donors (Lipinski definition) is 1. The zero-order valence-corrected chi connectivity index (χ0v) is 8.92. The molecule has 0 aliphatic heterocycles. The smallest absolute Gasteiger partial charge is 0.238 e. The Morgan fingerprint density at radius 2 is 2.19 bits per heavy atom. The van der Waals surface area contributed by atoms with Crippen LogP contribution in [0.4, 0.5) is 0 Å². The Hall–Kier alpha value is -1.94. The lowest BCUT2D eigenvalue weighted by Crippen LogP contribution is -1.94. The molecule has 0 saturated heterocycles. The molecule has 16 heavy (non-hydrogen) atoms. The molecule has 1 aromatic carbocycles. The predicted octanol–water partition coefficient (Wildman–Crippen LogP) is 2.07. The number of aryl methyl sites for hydroxylation is 1. The van der Waals surface area contributed by atoms with Gasteiger partial charge in [0.25, 0.3) is 0 Å². The van der Waals surface area contributed by atoms with Crippen molar-refractivity contribution in [3.8, 4) is 11.6 Å². The van der Waals surface area contributed by atoms with E-state index in [4.69, 9.17) is 9.84 Å². The molecule has 2 rings (SSSR count). The number of rotatable bonds is 3. The van der Waals surface area contributed by atoms with Crippen molar-refractivity contribution >= 4 is 0 Å². The number of aliphatic hydroxyl groups excluding tert-OH is 1. The fourth-order valence-electron chi connectivity index (χ4n) is 1.31. The van der Waals surface area contributed by atoms with Gasteiger partial charge in [-0.25, -0.2) is 4.98 Å². The minimum Gasteiger partial charge on any atom is -0.437 e. The van der Waals surface area contributed by atoms with Crippen LogP contribution in [0.15, 0.2) is 36.7 Å². The first-order valence-electron chi connectivity index (χ1n) is 4.94. The van der Waals surface area contributed by atoms with Crippen LogP contribution in [-0.4, -0.2) is 15.1 Å². The molecule has 82 valence electrons. The maximum absolute atomic E-state index is 8.91. The third kappa shape index (κ3) is 2.55. The summed E-state index contributed by atoms with van der Waals surface area (Å²) in [5.74, 6) is 1.10. The van der Waals surface area contributed by atoms with Gasteiger partial charge in [0.15, 0.2) is 0 Å². The molecule has 0 unspecified atom stereocenters. The largest absolute Gasteiger partial charge is 0.437 e. The van der Waals surface area contributed by atoms with Crippen LogP contribution in [0.25, 0.3) is 0 Å². The van der Waals surface area contributed by atoms with E-state index in [1.165, 1.54) is 12.4 Å². The lowest BCUT2D eigenvalue weighted by Gasteiger charge is -2.05. The second-order valence-electron chi connectivity index (χ2n) is 3.43. The van der Waals surface area contributed by atoms with Crippen molar-refractivity contribution in [2.45, 2.75) is 13.5 Å². The molecule has 0 radical (unpaired) electrons. The first-order chi connectivity index (χ1) is 7.78. The highest BCUT2D eigenvalue weighted by Crippen LogP contribution is 2.19. The number of hydrogen-bond acceptors (Lipinski definition) is 4. The van der Waals surface area contributed by atoms with Crippen LogP contribution in [0, 0.1) is 6.92 Å². The Balaban J connectivity index is 2.20. The van der Waals surface area contributed by atoms with E-state index >= 15 is 0 Å². The second-order valence-corrected chi connectivity index (χ2v) is 3.43. The van der Waals surface area contributed by atoms with Gasteiger partial charge < -0.3 is 9.84 Å². The van der Waals surface area contributed by atoms with Gasteiger partial charge in [-0.2, -0.15) is 0 Å². The van der Waals surface area contributed by atoms with E-state index in [9.17, 15) is 0 Å². The third-order valence-electron chi connectivity index (χ3n) is 2.04. The van der Waals surface area contributed by atoms with E-state index in [1.807, 2.05) is 31.2 Å². The van der Waals surface area contributed by atoms with E-state index in [2.05, 4.69) is 9.97 Å². The Labute approximate surface area is 93.6 Å². The van der Waals surface area contributed by atoms with Crippen molar-refractivity contribution in [1.82, 2.24) is 9.97 Å². The van der Waals surface area contributed by atoms with Gasteiger partial charge in [-0.15, -0.1) is 0 Å². The molecule has 0 aliphatic rings. The Morgan fingerprint density at radius 3 is 2.94 bits per heavy atom. The minimum absolute atomic E-state index is 0.141. The summed E-state index contributed by atoms with van der Waals surface area (Å²) < 4.78 is 5.52. The predicted molar refractivity (Wildman–Crippen MR) is 59.2 cm³/mol. The van der Waals surface area contributed by atoms with Gasteiger partial charge in [-0.1, -0.05) is 12.1 Å². The van der Waals surface area contributed by atoms with Crippen molar-refractivity contribution in [2.75, 3.05) is 0 Å². The van der Waals surface area contributed by atoms with Crippen LogP contribution in [0.2, 0.25) is 0 Å². The van der Waals surface area contributed by atoms with Gasteiger partial charge in [-0.05, 0) is 24.6 Å². The van der Waals surface area contributed by atoms with Crippen LogP contribution < -0.4 is 4.74 Å². The quantitative estimate of drug-likeness (QED) is 0.853. The topological polar surface area (TPSA) is 55.2 Å². The molecule has 1 heterocycles. The van der Waals surface area contributed by atoms with Crippen LogP contribution in [0.5, 0.6) is 11.6 Å². The monoisotopic (exact) mass is 216 g/mol. The van der Waals surface area contributed by atoms with Crippen molar-refractivity contribution in [3.05, 3.63) is 47.9 Å². The number of benzene rings is 1. The summed E-state index contributed by atoms with van der Waals surface area (Å²) in [6.45, 7) is 1.85. The number of nitrogens with zero attached hydrogens (tertiary/aromatic N) is 2. The van der Waals surface area contributed by atoms with Gasteiger partial charge >= 0.3 is 0 Å². The molecule has 0 saturated carbocycles. The Kier molecular flexibility index (Phi) is 3.12. The summed E-state index contributed by atoms with van der Waals surface area (Å²) in [4.78, 5) is 8.01. The van der Waals surface area contributed by atoms with E-state index < -0.39 is 0 Å². The summed E-state index contributed by atoms with van der Waals surface area (Å²) in [6.07, 6.45) is 3.02. The summed E-state index contributed by atoms with van der Waals surface area (Å²) in [5, 5.41) is 8.91. The Bertz CT molecular complexity index is 486. The van der Waals surface area contributed by atoms with E-state index in [0.717, 1.165) is 5.56 Å². The number of aliphatic hydroxyl groups is 1. The molecule has 1 aromatic heterocycles. The van der Waals surface area contributed by atoms with Crippen molar-refractivity contribution in [3.63, 3.8) is 0 Å². The molecule has 4 nitrogen and oxygen atoms in total. The summed E-state index contributed by atoms with van der Waals surface area (Å²) >= 11 is 0. The van der Waals surface area contributed by atoms with E-state index in [1.54, 1.807) is 0 Å². The second kappa shape index (κ2) is 4.72. The molecule has 0 spiro atoms. The fraction of sp³-hybridized carbons (Fsp3) is 0.167. The molecule has 0 atom stereocenters. The molecule has 4 heteroatoms. The van der Waals surface area contributed by atoms with E-state index in [-0.39, 0.29) is 6.61 Å². The highest BCUT2D eigenvalue weighted by molar-refractivity contribution is 5.30. The first-order valence-corrected chi connectivity index (χ1v) is 4.94. The molecule has 0 aliphatic carbocycles. The highest BCUT2D eigenvalue weighted by atomic mass is 16.5. The maximum atomic E-state index is 8.91. The molecule has 1 N–H and O–H groups in total. The normalized spacial score (nSPS) is 10.1. The van der Waals surface area contributed by atoms with Crippen molar-refractivity contribution in [1.29, 1.82) is 0 Å². The lowest BCUT2D eigenvalue weighted by atomic mass is 10.2. The van der Waals surface area contributed by atoms with Crippen LogP contribution in [-0.2, 0) is 6.61 Å². The minimum atomic E-state index is -0.141. The van der Waals surface area contributed by atoms with E-state index in [0.29, 0.717) is 17.3 Å². The average molecular weight is 216 g/mol.